The fourth-order valence-corrected chi connectivity index (χ4v) is 2.56. The smallest absolute Gasteiger partial charge is 0.203 e. The Morgan fingerprint density at radius 2 is 1.46 bits per heavy atom. The van der Waals surface area contributed by atoms with Gasteiger partial charge in [-0.1, -0.05) is 0 Å². The zero-order valence-corrected chi connectivity index (χ0v) is 13.8. The van der Waals surface area contributed by atoms with Crippen LogP contribution in [0.2, 0.25) is 0 Å². The zero-order valence-electron chi connectivity index (χ0n) is 13.8. The van der Waals surface area contributed by atoms with Gasteiger partial charge in [0.05, 0.1) is 21.3 Å². The number of ketones is 1. The molecule has 1 aliphatic rings. The van der Waals surface area contributed by atoms with Crippen molar-refractivity contribution >= 4 is 5.78 Å². The van der Waals surface area contributed by atoms with E-state index in [0.717, 1.165) is 0 Å². The van der Waals surface area contributed by atoms with Crippen LogP contribution in [0.15, 0.2) is 30.3 Å². The standard InChI is InChI=1S/C18H18O6/c1-20-15-9-12(10-16(21-2)18(15)22-3)17(19)11-4-5-13-14(8-11)24-7-6-23-13/h4-5,8-10H,6-7H2,1-3H3. The van der Waals surface area contributed by atoms with E-state index in [1.807, 2.05) is 0 Å². The van der Waals surface area contributed by atoms with Gasteiger partial charge < -0.3 is 23.7 Å². The molecule has 0 fully saturated rings. The molecule has 6 nitrogen and oxygen atoms in total. The summed E-state index contributed by atoms with van der Waals surface area (Å²) in [4.78, 5) is 12.8. The van der Waals surface area contributed by atoms with E-state index < -0.39 is 0 Å². The largest absolute Gasteiger partial charge is 0.493 e. The van der Waals surface area contributed by atoms with Gasteiger partial charge in [0, 0.05) is 11.1 Å². The van der Waals surface area contributed by atoms with E-state index in [4.69, 9.17) is 23.7 Å². The lowest BCUT2D eigenvalue weighted by molar-refractivity contribution is 0.103. The van der Waals surface area contributed by atoms with Crippen LogP contribution >= 0.6 is 0 Å². The van der Waals surface area contributed by atoms with Gasteiger partial charge >= 0.3 is 0 Å². The fraction of sp³-hybridized carbons (Fsp3) is 0.278. The van der Waals surface area contributed by atoms with Crippen LogP contribution in [0.4, 0.5) is 0 Å². The highest BCUT2D eigenvalue weighted by Gasteiger charge is 2.20. The van der Waals surface area contributed by atoms with Gasteiger partial charge in [-0.25, -0.2) is 0 Å². The number of rotatable bonds is 5. The number of benzene rings is 2. The lowest BCUT2D eigenvalue weighted by atomic mass is 10.0. The molecule has 2 aromatic carbocycles. The van der Waals surface area contributed by atoms with Crippen LogP contribution in [0.1, 0.15) is 15.9 Å². The highest BCUT2D eigenvalue weighted by molar-refractivity contribution is 6.10. The molecule has 0 spiro atoms. The van der Waals surface area contributed by atoms with Crippen LogP contribution in [0.5, 0.6) is 28.7 Å². The molecule has 2 aromatic rings. The van der Waals surface area contributed by atoms with Crippen LogP contribution in [-0.2, 0) is 0 Å². The summed E-state index contributed by atoms with van der Waals surface area (Å²) in [6, 6.07) is 8.37. The second-order valence-electron chi connectivity index (χ2n) is 5.10. The summed E-state index contributed by atoms with van der Waals surface area (Å²) in [5, 5.41) is 0. The Hall–Kier alpha value is -2.89. The molecule has 0 bridgehead atoms. The zero-order chi connectivity index (χ0) is 17.1. The Kier molecular flexibility index (Phi) is 4.46. The van der Waals surface area contributed by atoms with E-state index in [1.54, 1.807) is 30.3 Å². The molecule has 24 heavy (non-hydrogen) atoms. The second-order valence-corrected chi connectivity index (χ2v) is 5.10. The van der Waals surface area contributed by atoms with Gasteiger partial charge in [-0.05, 0) is 30.3 Å². The molecule has 6 heteroatoms. The van der Waals surface area contributed by atoms with Gasteiger partial charge in [0.2, 0.25) is 5.75 Å². The maximum absolute atomic E-state index is 12.8. The Bertz CT molecular complexity index is 743. The number of carbonyl (C=O) groups is 1. The first-order valence-corrected chi connectivity index (χ1v) is 7.42. The topological polar surface area (TPSA) is 63.2 Å². The summed E-state index contributed by atoms with van der Waals surface area (Å²) in [6.07, 6.45) is 0. The molecule has 0 aliphatic carbocycles. The fourth-order valence-electron chi connectivity index (χ4n) is 2.56. The Morgan fingerprint density at radius 1 is 0.833 bits per heavy atom. The van der Waals surface area contributed by atoms with E-state index in [9.17, 15) is 4.79 Å². The normalized spacial score (nSPS) is 12.5. The molecule has 0 aromatic heterocycles. The number of carbonyl (C=O) groups excluding carboxylic acids is 1. The third-order valence-electron chi connectivity index (χ3n) is 3.73. The Labute approximate surface area is 139 Å². The summed E-state index contributed by atoms with van der Waals surface area (Å²) in [6.45, 7) is 0.974. The van der Waals surface area contributed by atoms with Gasteiger partial charge in [-0.3, -0.25) is 4.79 Å². The number of fused-ring (bicyclic) bond motifs is 1. The number of methoxy groups -OCH3 is 3. The van der Waals surface area contributed by atoms with E-state index in [1.165, 1.54) is 21.3 Å². The maximum atomic E-state index is 12.8. The predicted molar refractivity (Wildman–Crippen MR) is 87.0 cm³/mol. The van der Waals surface area contributed by atoms with Crippen molar-refractivity contribution in [2.45, 2.75) is 0 Å². The van der Waals surface area contributed by atoms with Gasteiger partial charge in [0.15, 0.2) is 28.8 Å². The number of ether oxygens (including phenoxy) is 5. The molecule has 126 valence electrons. The molecule has 0 N–H and O–H groups in total. The molecule has 0 saturated heterocycles. The molecule has 0 atom stereocenters. The SMILES string of the molecule is COc1cc(C(=O)c2ccc3c(c2)OCCO3)cc(OC)c1OC. The van der Waals surface area contributed by atoms with Crippen molar-refractivity contribution in [1.82, 2.24) is 0 Å². The molecule has 0 saturated carbocycles. The van der Waals surface area contributed by atoms with Gasteiger partial charge in [0.25, 0.3) is 0 Å². The van der Waals surface area contributed by atoms with Crippen molar-refractivity contribution in [3.8, 4) is 28.7 Å². The van der Waals surface area contributed by atoms with E-state index in [-0.39, 0.29) is 5.78 Å². The van der Waals surface area contributed by atoms with Crippen molar-refractivity contribution < 1.29 is 28.5 Å². The van der Waals surface area contributed by atoms with Crippen molar-refractivity contribution in [2.75, 3.05) is 34.5 Å². The first kappa shape index (κ1) is 16.0. The molecule has 1 aliphatic heterocycles. The van der Waals surface area contributed by atoms with Crippen molar-refractivity contribution in [1.29, 1.82) is 0 Å². The first-order chi connectivity index (χ1) is 11.7. The molecule has 0 unspecified atom stereocenters. The van der Waals surface area contributed by atoms with Crippen LogP contribution < -0.4 is 23.7 Å². The highest BCUT2D eigenvalue weighted by Crippen LogP contribution is 2.39. The highest BCUT2D eigenvalue weighted by atomic mass is 16.6. The van der Waals surface area contributed by atoms with Gasteiger partial charge in [-0.2, -0.15) is 0 Å². The van der Waals surface area contributed by atoms with Crippen molar-refractivity contribution in [3.05, 3.63) is 41.5 Å². The third kappa shape index (κ3) is 2.82. The first-order valence-electron chi connectivity index (χ1n) is 7.42. The minimum Gasteiger partial charge on any atom is -0.493 e. The molecular weight excluding hydrogens is 312 g/mol. The van der Waals surface area contributed by atoms with E-state index >= 15 is 0 Å². The van der Waals surface area contributed by atoms with Gasteiger partial charge in [0.1, 0.15) is 13.2 Å². The lowest BCUT2D eigenvalue weighted by Gasteiger charge is -2.19. The van der Waals surface area contributed by atoms with Crippen molar-refractivity contribution in [2.24, 2.45) is 0 Å². The average Bonchev–Trinajstić information content (AvgIpc) is 2.65. The summed E-state index contributed by atoms with van der Waals surface area (Å²) < 4.78 is 26.9. The van der Waals surface area contributed by atoms with E-state index in [2.05, 4.69) is 0 Å². The molecule has 0 amide bonds. The van der Waals surface area contributed by atoms with Crippen LogP contribution in [0.3, 0.4) is 0 Å². The van der Waals surface area contributed by atoms with Gasteiger partial charge in [-0.15, -0.1) is 0 Å². The van der Waals surface area contributed by atoms with Crippen LogP contribution in [0.25, 0.3) is 0 Å². The third-order valence-corrected chi connectivity index (χ3v) is 3.73. The molecular formula is C18H18O6. The maximum Gasteiger partial charge on any atom is 0.203 e. The quantitative estimate of drug-likeness (QED) is 0.786. The second kappa shape index (κ2) is 6.70. The van der Waals surface area contributed by atoms with Crippen molar-refractivity contribution in [3.63, 3.8) is 0 Å². The summed E-state index contributed by atoms with van der Waals surface area (Å²) in [7, 11) is 4.54. The minimum atomic E-state index is -0.175. The van der Waals surface area contributed by atoms with Crippen LogP contribution in [-0.4, -0.2) is 40.3 Å². The Morgan fingerprint density at radius 3 is 2.04 bits per heavy atom. The monoisotopic (exact) mass is 330 g/mol. The molecule has 3 rings (SSSR count). The van der Waals surface area contributed by atoms with Crippen LogP contribution in [0, 0.1) is 0 Å². The minimum absolute atomic E-state index is 0.175. The average molecular weight is 330 g/mol. The lowest BCUT2D eigenvalue weighted by Crippen LogP contribution is -2.16. The molecule has 1 heterocycles. The Balaban J connectivity index is 2.00. The number of hydrogen-bond donors (Lipinski definition) is 0. The summed E-state index contributed by atoms with van der Waals surface area (Å²) in [5.74, 6) is 2.34. The summed E-state index contributed by atoms with van der Waals surface area (Å²) in [5.41, 5.74) is 0.926. The predicted octanol–water partition coefficient (Wildman–Crippen LogP) is 2.71. The van der Waals surface area contributed by atoms with E-state index in [0.29, 0.717) is 53.1 Å². The number of hydrogen-bond acceptors (Lipinski definition) is 6. The summed E-state index contributed by atoms with van der Waals surface area (Å²) >= 11 is 0. The molecule has 0 radical (unpaired) electrons.